The van der Waals surface area contributed by atoms with Gasteiger partial charge in [-0.3, -0.25) is 4.79 Å². The number of terminal acetylenes is 1. The zero-order valence-electron chi connectivity index (χ0n) is 16.5. The summed E-state index contributed by atoms with van der Waals surface area (Å²) >= 11 is 0. The second-order valence-corrected chi connectivity index (χ2v) is 5.92. The zero-order valence-corrected chi connectivity index (χ0v) is 16.5. The van der Waals surface area contributed by atoms with Crippen LogP contribution in [0.15, 0.2) is 24.3 Å². The largest absolute Gasteiger partial charge is 0.495 e. The van der Waals surface area contributed by atoms with Gasteiger partial charge in [0.1, 0.15) is 18.2 Å². The second kappa shape index (κ2) is 8.12. The summed E-state index contributed by atoms with van der Waals surface area (Å²) in [4.78, 5) is 13.3. The minimum Gasteiger partial charge on any atom is -0.495 e. The van der Waals surface area contributed by atoms with Gasteiger partial charge in [-0.05, 0) is 24.3 Å². The summed E-state index contributed by atoms with van der Waals surface area (Å²) in [6.07, 6.45) is 5.64. The van der Waals surface area contributed by atoms with Crippen molar-refractivity contribution in [2.75, 3.05) is 28.4 Å². The fraction of sp³-hybridized carbons (Fsp3) is 0.238. The van der Waals surface area contributed by atoms with Gasteiger partial charge in [0.05, 0.1) is 39.5 Å². The van der Waals surface area contributed by atoms with Crippen molar-refractivity contribution in [2.24, 2.45) is 0 Å². The summed E-state index contributed by atoms with van der Waals surface area (Å²) in [6.45, 7) is -0.457. The summed E-state index contributed by atoms with van der Waals surface area (Å²) in [5, 5.41) is 14.5. The van der Waals surface area contributed by atoms with Crippen LogP contribution >= 0.6 is 0 Å². The molecule has 0 aliphatic carbocycles. The first-order valence-electron chi connectivity index (χ1n) is 8.54. The van der Waals surface area contributed by atoms with Crippen LogP contribution in [-0.4, -0.2) is 49.1 Å². The maximum Gasteiger partial charge on any atom is 0.214 e. The molecule has 0 spiro atoms. The Balaban J connectivity index is 2.25. The van der Waals surface area contributed by atoms with E-state index >= 15 is 0 Å². The van der Waals surface area contributed by atoms with Gasteiger partial charge in [0.25, 0.3) is 0 Å². The predicted octanol–water partition coefficient (Wildman–Crippen LogP) is 2.23. The third-order valence-corrected chi connectivity index (χ3v) is 4.51. The van der Waals surface area contributed by atoms with Crippen LogP contribution in [0.3, 0.4) is 0 Å². The number of ether oxygens (including phenoxy) is 4. The summed E-state index contributed by atoms with van der Waals surface area (Å²) in [5.74, 6) is 3.65. The first kappa shape index (κ1) is 20.0. The molecule has 3 rings (SSSR count). The van der Waals surface area contributed by atoms with Gasteiger partial charge >= 0.3 is 0 Å². The van der Waals surface area contributed by atoms with E-state index in [1.54, 1.807) is 24.3 Å². The number of ketones is 1. The molecule has 0 fully saturated rings. The van der Waals surface area contributed by atoms with Crippen LogP contribution in [0.4, 0.5) is 0 Å². The minimum absolute atomic E-state index is 0.127. The minimum atomic E-state index is -0.457. The normalized spacial score (nSPS) is 10.5. The number of nitrogens with zero attached hydrogens (tertiary/aromatic N) is 2. The average molecular weight is 396 g/mol. The van der Waals surface area contributed by atoms with Gasteiger partial charge < -0.3 is 24.1 Å². The molecule has 1 aromatic heterocycles. The number of rotatable bonds is 7. The Kier molecular flexibility index (Phi) is 5.61. The van der Waals surface area contributed by atoms with Crippen molar-refractivity contribution in [3.63, 3.8) is 0 Å². The molecule has 0 radical (unpaired) electrons. The van der Waals surface area contributed by atoms with Crippen LogP contribution in [0.5, 0.6) is 23.0 Å². The van der Waals surface area contributed by atoms with Crippen molar-refractivity contribution in [1.82, 2.24) is 9.78 Å². The number of carbonyl (C=O) groups is 1. The molecule has 150 valence electrons. The molecule has 2 aromatic carbocycles. The van der Waals surface area contributed by atoms with Gasteiger partial charge in [0.2, 0.25) is 11.5 Å². The lowest BCUT2D eigenvalue weighted by molar-refractivity contribution is 0.103. The first-order chi connectivity index (χ1) is 14.0. The third-order valence-electron chi connectivity index (χ3n) is 4.51. The van der Waals surface area contributed by atoms with E-state index in [0.717, 1.165) is 0 Å². The van der Waals surface area contributed by atoms with Crippen molar-refractivity contribution in [3.8, 4) is 35.3 Å². The van der Waals surface area contributed by atoms with Crippen LogP contribution in [0.2, 0.25) is 0 Å². The lowest BCUT2D eigenvalue weighted by Crippen LogP contribution is -2.07. The van der Waals surface area contributed by atoms with Gasteiger partial charge in [-0.2, -0.15) is 5.10 Å². The number of benzene rings is 2. The average Bonchev–Trinajstić information content (AvgIpc) is 3.15. The molecule has 0 saturated carbocycles. The number of aromatic nitrogens is 2. The number of fused-ring (bicyclic) bond motifs is 1. The highest BCUT2D eigenvalue weighted by molar-refractivity contribution is 6.16. The van der Waals surface area contributed by atoms with Gasteiger partial charge in [0, 0.05) is 10.9 Å². The van der Waals surface area contributed by atoms with E-state index in [9.17, 15) is 9.90 Å². The molecule has 8 nitrogen and oxygen atoms in total. The van der Waals surface area contributed by atoms with Crippen LogP contribution in [-0.2, 0) is 6.73 Å². The molecule has 29 heavy (non-hydrogen) atoms. The highest BCUT2D eigenvalue weighted by Crippen LogP contribution is 2.39. The quantitative estimate of drug-likeness (QED) is 0.484. The molecule has 0 unspecified atom stereocenters. The van der Waals surface area contributed by atoms with E-state index in [0.29, 0.717) is 39.5 Å². The number of hydrogen-bond acceptors (Lipinski definition) is 7. The van der Waals surface area contributed by atoms with Gasteiger partial charge in [-0.1, -0.05) is 5.92 Å². The summed E-state index contributed by atoms with van der Waals surface area (Å²) in [6, 6.07) is 6.42. The van der Waals surface area contributed by atoms with Gasteiger partial charge in [-0.15, -0.1) is 6.42 Å². The Morgan fingerprint density at radius 2 is 1.69 bits per heavy atom. The highest BCUT2D eigenvalue weighted by Gasteiger charge is 2.24. The number of methoxy groups -OCH3 is 4. The SMILES string of the molecule is C#Cc1c(OC)ccc2c(C(=O)c3cc(OC)c(OC)c(OC)c3)nn(CO)c12. The molecule has 3 aromatic rings. The number of aliphatic hydroxyl groups is 1. The van der Waals surface area contributed by atoms with Gasteiger partial charge in [-0.25, -0.2) is 4.68 Å². The molecule has 0 aliphatic rings. The molecule has 0 atom stereocenters. The molecule has 1 N–H and O–H groups in total. The maximum absolute atomic E-state index is 13.3. The van der Waals surface area contributed by atoms with Crippen molar-refractivity contribution in [2.45, 2.75) is 6.73 Å². The van der Waals surface area contributed by atoms with E-state index in [-0.39, 0.29) is 11.3 Å². The standard InChI is InChI=1S/C21H20N2O6/c1-6-13-15(26-2)8-7-14-18(22-23(11-24)19(13)14)20(25)12-9-16(27-3)21(29-5)17(10-12)28-4/h1,7-10,24H,11H2,2-5H3. The molecule has 0 bridgehead atoms. The van der Waals surface area contributed by atoms with Crippen LogP contribution in [0.1, 0.15) is 21.6 Å². The molecule has 0 saturated heterocycles. The van der Waals surface area contributed by atoms with E-state index in [4.69, 9.17) is 25.4 Å². The van der Waals surface area contributed by atoms with E-state index in [1.165, 1.54) is 33.1 Å². The summed E-state index contributed by atoms with van der Waals surface area (Å²) < 4.78 is 22.5. The topological polar surface area (TPSA) is 92.0 Å². The van der Waals surface area contributed by atoms with Crippen molar-refractivity contribution < 1.29 is 28.8 Å². The molecular weight excluding hydrogens is 376 g/mol. The van der Waals surface area contributed by atoms with Crippen LogP contribution in [0, 0.1) is 12.3 Å². The Morgan fingerprint density at radius 1 is 1.07 bits per heavy atom. The second-order valence-electron chi connectivity index (χ2n) is 5.92. The van der Waals surface area contributed by atoms with Crippen molar-refractivity contribution in [3.05, 3.63) is 41.1 Å². The number of aliphatic hydroxyl groups excluding tert-OH is 1. The number of hydrogen-bond donors (Lipinski definition) is 1. The molecule has 1 heterocycles. The van der Waals surface area contributed by atoms with E-state index < -0.39 is 12.5 Å². The van der Waals surface area contributed by atoms with Crippen molar-refractivity contribution >= 4 is 16.7 Å². The van der Waals surface area contributed by atoms with Crippen LogP contribution < -0.4 is 18.9 Å². The molecule has 0 aliphatic heterocycles. The molecular formula is C21H20N2O6. The van der Waals surface area contributed by atoms with E-state index in [2.05, 4.69) is 11.0 Å². The zero-order chi connectivity index (χ0) is 21.1. The molecule has 0 amide bonds. The Labute approximate surface area is 167 Å². The van der Waals surface area contributed by atoms with Crippen LogP contribution in [0.25, 0.3) is 10.9 Å². The Bertz CT molecular complexity index is 1100. The number of carbonyl (C=O) groups excluding carboxylic acids is 1. The predicted molar refractivity (Wildman–Crippen MR) is 106 cm³/mol. The fourth-order valence-electron chi connectivity index (χ4n) is 3.18. The Hall–Kier alpha value is -3.70. The fourth-order valence-corrected chi connectivity index (χ4v) is 3.18. The first-order valence-corrected chi connectivity index (χ1v) is 8.54. The lowest BCUT2D eigenvalue weighted by Gasteiger charge is -2.13. The summed E-state index contributed by atoms with van der Waals surface area (Å²) in [5.41, 5.74) is 1.24. The monoisotopic (exact) mass is 396 g/mol. The highest BCUT2D eigenvalue weighted by atomic mass is 16.5. The smallest absolute Gasteiger partial charge is 0.214 e. The van der Waals surface area contributed by atoms with E-state index in [1.807, 2.05) is 0 Å². The van der Waals surface area contributed by atoms with Crippen molar-refractivity contribution in [1.29, 1.82) is 0 Å². The third kappa shape index (κ3) is 3.22. The molecule has 8 heteroatoms. The summed E-state index contributed by atoms with van der Waals surface area (Å²) in [7, 11) is 5.90. The van der Waals surface area contributed by atoms with Gasteiger partial charge in [0.15, 0.2) is 11.5 Å². The maximum atomic E-state index is 13.3. The lowest BCUT2D eigenvalue weighted by atomic mass is 10.0. The Morgan fingerprint density at radius 3 is 2.17 bits per heavy atom.